The first-order chi connectivity index (χ1) is 8.50. The van der Waals surface area contributed by atoms with E-state index in [0.29, 0.717) is 12.5 Å². The Morgan fingerprint density at radius 1 is 1.33 bits per heavy atom. The number of piperidine rings is 1. The van der Waals surface area contributed by atoms with Gasteiger partial charge in [-0.3, -0.25) is 0 Å². The summed E-state index contributed by atoms with van der Waals surface area (Å²) in [7, 11) is -4.63. The Hall–Kier alpha value is -1.14. The van der Waals surface area contributed by atoms with Crippen LogP contribution in [0.2, 0.25) is 0 Å². The molecule has 1 aromatic carbocycles. The van der Waals surface area contributed by atoms with Gasteiger partial charge in [-0.1, -0.05) is 6.07 Å². The summed E-state index contributed by atoms with van der Waals surface area (Å²) in [5.74, 6) is 0.536. The first-order valence-electron chi connectivity index (χ1n) is 6.00. The van der Waals surface area contributed by atoms with Gasteiger partial charge in [0.15, 0.2) is 0 Å². The molecule has 0 amide bonds. The van der Waals surface area contributed by atoms with E-state index in [1.54, 1.807) is 12.1 Å². The van der Waals surface area contributed by atoms with Crippen LogP contribution in [-0.2, 0) is 10.2 Å². The molecule has 18 heavy (non-hydrogen) atoms. The zero-order valence-corrected chi connectivity index (χ0v) is 10.9. The van der Waals surface area contributed by atoms with Gasteiger partial charge in [-0.2, -0.15) is 8.42 Å². The van der Waals surface area contributed by atoms with Crippen LogP contribution in [-0.4, -0.2) is 28.1 Å². The van der Waals surface area contributed by atoms with Crippen molar-refractivity contribution in [3.05, 3.63) is 24.3 Å². The summed E-state index contributed by atoms with van der Waals surface area (Å²) >= 11 is 0. The Morgan fingerprint density at radius 3 is 2.56 bits per heavy atom. The molecule has 0 saturated carbocycles. The second-order valence-electron chi connectivity index (χ2n) is 4.60. The van der Waals surface area contributed by atoms with Crippen LogP contribution in [0.5, 0.6) is 0 Å². The lowest BCUT2D eigenvalue weighted by atomic mass is 9.97. The summed E-state index contributed by atoms with van der Waals surface area (Å²) < 4.78 is 34.7. The minimum Gasteiger partial charge on any atom is -0.371 e. The predicted molar refractivity (Wildman–Crippen MR) is 68.7 cm³/mol. The molecule has 1 saturated heterocycles. The number of benzene rings is 1. The van der Waals surface area contributed by atoms with E-state index in [-0.39, 0.29) is 4.90 Å². The summed E-state index contributed by atoms with van der Waals surface area (Å²) in [6.45, 7) is 2.35. The average Bonchev–Trinajstić information content (AvgIpc) is 2.38. The lowest BCUT2D eigenvalue weighted by Crippen LogP contribution is -2.36. The van der Waals surface area contributed by atoms with Crippen LogP contribution in [0.1, 0.15) is 12.8 Å². The maximum Gasteiger partial charge on any atom is 0.332 e. The van der Waals surface area contributed by atoms with E-state index in [0.717, 1.165) is 31.6 Å². The molecule has 1 aliphatic rings. The van der Waals surface area contributed by atoms with Gasteiger partial charge in [0.2, 0.25) is 0 Å². The van der Waals surface area contributed by atoms with Gasteiger partial charge in [0.05, 0.1) is 0 Å². The molecule has 0 bridgehead atoms. The highest BCUT2D eigenvalue weighted by Gasteiger charge is 2.20. The summed E-state index contributed by atoms with van der Waals surface area (Å²) in [6, 6.07) is 6.03. The van der Waals surface area contributed by atoms with E-state index < -0.39 is 10.2 Å². The van der Waals surface area contributed by atoms with Crippen LogP contribution in [0, 0.1) is 5.92 Å². The molecule has 6 heteroatoms. The Kier molecular flexibility index (Phi) is 3.87. The highest BCUT2D eigenvalue weighted by Crippen LogP contribution is 2.25. The third-order valence-corrected chi connectivity index (χ3v) is 4.23. The van der Waals surface area contributed by atoms with E-state index >= 15 is 0 Å². The molecule has 0 spiro atoms. The number of hydrogen-bond acceptors (Lipinski definition) is 4. The maximum absolute atomic E-state index is 12.9. The highest BCUT2D eigenvalue weighted by atomic mass is 32.3. The molecule has 0 unspecified atom stereocenters. The van der Waals surface area contributed by atoms with Crippen molar-refractivity contribution in [2.75, 3.05) is 24.5 Å². The molecule has 4 nitrogen and oxygen atoms in total. The molecule has 0 atom stereocenters. The quantitative estimate of drug-likeness (QED) is 0.847. The topological polar surface area (TPSA) is 63.4 Å². The van der Waals surface area contributed by atoms with E-state index in [9.17, 15) is 12.3 Å². The van der Waals surface area contributed by atoms with Crippen molar-refractivity contribution >= 4 is 15.9 Å². The van der Waals surface area contributed by atoms with Gasteiger partial charge in [0.1, 0.15) is 4.90 Å². The third-order valence-electron chi connectivity index (χ3n) is 3.41. The van der Waals surface area contributed by atoms with Gasteiger partial charge < -0.3 is 10.6 Å². The molecule has 0 aliphatic carbocycles. The monoisotopic (exact) mass is 272 g/mol. The van der Waals surface area contributed by atoms with Gasteiger partial charge in [-0.25, -0.2) is 0 Å². The lowest BCUT2D eigenvalue weighted by molar-refractivity contribution is 0.414. The minimum absolute atomic E-state index is 0.277. The Labute approximate surface area is 107 Å². The molecule has 0 aromatic heterocycles. The first kappa shape index (κ1) is 13.3. The number of anilines is 1. The molecular formula is C12H17FN2O2S. The zero-order chi connectivity index (χ0) is 13.2. The SMILES string of the molecule is NCC1CCN(c2cccc(S(=O)(=O)F)c2)CC1. The van der Waals surface area contributed by atoms with Crippen molar-refractivity contribution in [3.8, 4) is 0 Å². The molecular weight excluding hydrogens is 255 g/mol. The lowest BCUT2D eigenvalue weighted by Gasteiger charge is -2.33. The van der Waals surface area contributed by atoms with E-state index in [2.05, 4.69) is 4.90 Å². The first-order valence-corrected chi connectivity index (χ1v) is 7.39. The van der Waals surface area contributed by atoms with Gasteiger partial charge in [-0.15, -0.1) is 3.89 Å². The van der Waals surface area contributed by atoms with Gasteiger partial charge in [0, 0.05) is 18.8 Å². The molecule has 1 heterocycles. The van der Waals surface area contributed by atoms with Crippen molar-refractivity contribution in [3.63, 3.8) is 0 Å². The highest BCUT2D eigenvalue weighted by molar-refractivity contribution is 7.86. The number of nitrogens with zero attached hydrogens (tertiary/aromatic N) is 1. The second kappa shape index (κ2) is 5.24. The molecule has 2 rings (SSSR count). The standard InChI is InChI=1S/C12H17FN2O2S/c13-18(16,17)12-3-1-2-11(8-12)15-6-4-10(9-14)5-7-15/h1-3,8,10H,4-7,9,14H2. The summed E-state index contributed by atoms with van der Waals surface area (Å²) in [5, 5.41) is 0. The summed E-state index contributed by atoms with van der Waals surface area (Å²) in [5.41, 5.74) is 6.38. The molecule has 1 aromatic rings. The van der Waals surface area contributed by atoms with Crippen molar-refractivity contribution in [1.29, 1.82) is 0 Å². The van der Waals surface area contributed by atoms with Gasteiger partial charge in [0.25, 0.3) is 0 Å². The van der Waals surface area contributed by atoms with Crippen molar-refractivity contribution in [1.82, 2.24) is 0 Å². The third kappa shape index (κ3) is 3.00. The van der Waals surface area contributed by atoms with Crippen molar-refractivity contribution < 1.29 is 12.3 Å². The fourth-order valence-electron chi connectivity index (χ4n) is 2.26. The largest absolute Gasteiger partial charge is 0.371 e. The minimum atomic E-state index is -4.63. The van der Waals surface area contributed by atoms with Crippen LogP contribution < -0.4 is 10.6 Å². The van der Waals surface area contributed by atoms with Crippen LogP contribution in [0.15, 0.2) is 29.2 Å². The molecule has 0 radical (unpaired) electrons. The number of hydrogen-bond donors (Lipinski definition) is 1. The fraction of sp³-hybridized carbons (Fsp3) is 0.500. The van der Waals surface area contributed by atoms with Crippen LogP contribution >= 0.6 is 0 Å². The molecule has 1 fully saturated rings. The zero-order valence-electron chi connectivity index (χ0n) is 10.0. The van der Waals surface area contributed by atoms with E-state index in [1.165, 1.54) is 12.1 Å². The normalized spacial score (nSPS) is 18.0. The van der Waals surface area contributed by atoms with Crippen molar-refractivity contribution in [2.24, 2.45) is 11.7 Å². The molecule has 1 aliphatic heterocycles. The van der Waals surface area contributed by atoms with Gasteiger partial charge >= 0.3 is 10.2 Å². The van der Waals surface area contributed by atoms with Crippen molar-refractivity contribution in [2.45, 2.75) is 17.7 Å². The summed E-state index contributed by atoms with van der Waals surface area (Å²) in [4.78, 5) is 1.79. The fourth-order valence-corrected chi connectivity index (χ4v) is 2.76. The Bertz CT molecular complexity index is 511. The van der Waals surface area contributed by atoms with E-state index in [4.69, 9.17) is 5.73 Å². The number of nitrogens with two attached hydrogens (primary N) is 1. The van der Waals surface area contributed by atoms with Crippen LogP contribution in [0.25, 0.3) is 0 Å². The molecule has 2 N–H and O–H groups in total. The smallest absolute Gasteiger partial charge is 0.332 e. The maximum atomic E-state index is 12.9. The average molecular weight is 272 g/mol. The number of halogens is 1. The predicted octanol–water partition coefficient (Wildman–Crippen LogP) is 1.52. The summed E-state index contributed by atoms with van der Waals surface area (Å²) in [6.07, 6.45) is 1.98. The molecule has 100 valence electrons. The Balaban J connectivity index is 2.15. The van der Waals surface area contributed by atoms with E-state index in [1.807, 2.05) is 0 Å². The van der Waals surface area contributed by atoms with Gasteiger partial charge in [-0.05, 0) is 43.5 Å². The Morgan fingerprint density at radius 2 is 2.00 bits per heavy atom. The van der Waals surface area contributed by atoms with Crippen LogP contribution in [0.3, 0.4) is 0 Å². The second-order valence-corrected chi connectivity index (χ2v) is 5.95. The van der Waals surface area contributed by atoms with Crippen LogP contribution in [0.4, 0.5) is 9.57 Å². The number of rotatable bonds is 3.